The van der Waals surface area contributed by atoms with Crippen molar-refractivity contribution in [3.8, 4) is 0 Å². The predicted octanol–water partition coefficient (Wildman–Crippen LogP) is 1.59. The summed E-state index contributed by atoms with van der Waals surface area (Å²) in [6.45, 7) is 0.449. The maximum absolute atomic E-state index is 11.3. The van der Waals surface area contributed by atoms with E-state index in [0.29, 0.717) is 18.5 Å². The molecule has 0 amide bonds. The van der Waals surface area contributed by atoms with Crippen molar-refractivity contribution >= 4 is 27.6 Å². The standard InChI is InChI=1S/C12H11NO4S/c14-11(15)6-4-8(13-5-6)7-2-1-3-9-10(7)17-12(16)18-9/h1-3,6,8,13H,4-5H2,(H,14,15). The molecule has 2 aromatic rings. The molecule has 1 aromatic carbocycles. The quantitative estimate of drug-likeness (QED) is 0.862. The van der Waals surface area contributed by atoms with E-state index in [4.69, 9.17) is 9.52 Å². The number of rotatable bonds is 2. The molecule has 1 fully saturated rings. The van der Waals surface area contributed by atoms with Crippen molar-refractivity contribution in [2.75, 3.05) is 6.54 Å². The summed E-state index contributed by atoms with van der Waals surface area (Å²) < 4.78 is 5.99. The Bertz CT molecular complexity index is 659. The number of carboxylic acids is 1. The van der Waals surface area contributed by atoms with Crippen LogP contribution in [0, 0.1) is 5.92 Å². The molecule has 3 rings (SSSR count). The third kappa shape index (κ3) is 1.83. The lowest BCUT2D eigenvalue weighted by Gasteiger charge is -2.10. The Morgan fingerprint density at radius 1 is 1.50 bits per heavy atom. The molecule has 94 valence electrons. The lowest BCUT2D eigenvalue weighted by molar-refractivity contribution is -0.141. The van der Waals surface area contributed by atoms with Gasteiger partial charge in [0.05, 0.1) is 10.6 Å². The highest BCUT2D eigenvalue weighted by molar-refractivity contribution is 7.16. The molecular weight excluding hydrogens is 254 g/mol. The molecule has 2 N–H and O–H groups in total. The van der Waals surface area contributed by atoms with Gasteiger partial charge in [0.15, 0.2) is 5.58 Å². The van der Waals surface area contributed by atoms with Gasteiger partial charge < -0.3 is 14.8 Å². The lowest BCUT2D eigenvalue weighted by atomic mass is 10.00. The first-order valence-corrected chi connectivity index (χ1v) is 6.45. The van der Waals surface area contributed by atoms with Crippen LogP contribution in [0.15, 0.2) is 27.4 Å². The molecule has 0 aliphatic carbocycles. The first kappa shape index (κ1) is 11.4. The van der Waals surface area contributed by atoms with Crippen molar-refractivity contribution in [3.05, 3.63) is 33.5 Å². The van der Waals surface area contributed by atoms with Crippen LogP contribution in [0.25, 0.3) is 10.3 Å². The minimum absolute atomic E-state index is 0.0625. The van der Waals surface area contributed by atoms with Crippen molar-refractivity contribution < 1.29 is 14.3 Å². The van der Waals surface area contributed by atoms with Gasteiger partial charge in [-0.1, -0.05) is 23.5 Å². The Morgan fingerprint density at radius 2 is 2.33 bits per heavy atom. The molecule has 0 spiro atoms. The van der Waals surface area contributed by atoms with Crippen molar-refractivity contribution in [1.82, 2.24) is 5.32 Å². The molecule has 1 aliphatic rings. The topological polar surface area (TPSA) is 79.5 Å². The van der Waals surface area contributed by atoms with Gasteiger partial charge in [0.1, 0.15) is 0 Å². The highest BCUT2D eigenvalue weighted by atomic mass is 32.1. The van der Waals surface area contributed by atoms with Gasteiger partial charge in [0.2, 0.25) is 0 Å². The number of benzene rings is 1. The number of hydrogen-bond acceptors (Lipinski definition) is 5. The molecule has 6 heteroatoms. The van der Waals surface area contributed by atoms with Crippen molar-refractivity contribution in [3.63, 3.8) is 0 Å². The minimum atomic E-state index is -0.788. The van der Waals surface area contributed by atoms with Crippen LogP contribution in [0.1, 0.15) is 18.0 Å². The van der Waals surface area contributed by atoms with E-state index in [9.17, 15) is 9.59 Å². The van der Waals surface area contributed by atoms with E-state index in [1.807, 2.05) is 18.2 Å². The molecule has 1 aliphatic heterocycles. The van der Waals surface area contributed by atoms with E-state index in [0.717, 1.165) is 21.6 Å². The summed E-state index contributed by atoms with van der Waals surface area (Å²) in [5, 5.41) is 12.2. The summed E-state index contributed by atoms with van der Waals surface area (Å²) in [4.78, 5) is 21.9. The Kier molecular flexibility index (Phi) is 2.68. The van der Waals surface area contributed by atoms with Gasteiger partial charge in [-0.15, -0.1) is 0 Å². The molecule has 5 nitrogen and oxygen atoms in total. The van der Waals surface area contributed by atoms with Crippen LogP contribution in [-0.2, 0) is 4.79 Å². The van der Waals surface area contributed by atoms with Crippen LogP contribution < -0.4 is 10.3 Å². The average Bonchev–Trinajstić information content (AvgIpc) is 2.92. The van der Waals surface area contributed by atoms with Gasteiger partial charge >= 0.3 is 10.9 Å². The SMILES string of the molecule is O=C(O)C1CNC(c2cccc3sc(=O)oc23)C1. The lowest BCUT2D eigenvalue weighted by Crippen LogP contribution is -2.17. The number of carbonyl (C=O) groups is 1. The first-order chi connectivity index (χ1) is 8.65. The fraction of sp³-hybridized carbons (Fsp3) is 0.333. The van der Waals surface area contributed by atoms with Gasteiger partial charge in [-0.3, -0.25) is 4.79 Å². The molecule has 1 saturated heterocycles. The van der Waals surface area contributed by atoms with Gasteiger partial charge in [-0.2, -0.15) is 0 Å². The molecule has 2 heterocycles. The van der Waals surface area contributed by atoms with Crippen LogP contribution in [0.5, 0.6) is 0 Å². The van der Waals surface area contributed by atoms with Gasteiger partial charge in [-0.05, 0) is 12.5 Å². The Balaban J connectivity index is 2.00. The van der Waals surface area contributed by atoms with Crippen LogP contribution in [0.3, 0.4) is 0 Å². The van der Waals surface area contributed by atoms with E-state index < -0.39 is 5.97 Å². The van der Waals surface area contributed by atoms with E-state index in [2.05, 4.69) is 5.32 Å². The summed E-state index contributed by atoms with van der Waals surface area (Å²) >= 11 is 1.07. The van der Waals surface area contributed by atoms with Crippen molar-refractivity contribution in [2.24, 2.45) is 5.92 Å². The normalized spacial score (nSPS) is 23.6. The van der Waals surface area contributed by atoms with Gasteiger partial charge in [0.25, 0.3) is 0 Å². The van der Waals surface area contributed by atoms with Crippen LogP contribution in [-0.4, -0.2) is 17.6 Å². The summed E-state index contributed by atoms with van der Waals surface area (Å²) in [5.41, 5.74) is 1.45. The van der Waals surface area contributed by atoms with E-state index in [1.54, 1.807) is 0 Å². The maximum Gasteiger partial charge on any atom is 0.396 e. The maximum atomic E-state index is 11.3. The summed E-state index contributed by atoms with van der Waals surface area (Å²) in [5.74, 6) is -1.17. The zero-order valence-electron chi connectivity index (χ0n) is 9.38. The van der Waals surface area contributed by atoms with Crippen LogP contribution in [0.2, 0.25) is 0 Å². The second-order valence-electron chi connectivity index (χ2n) is 4.36. The van der Waals surface area contributed by atoms with E-state index in [1.165, 1.54) is 0 Å². The van der Waals surface area contributed by atoms with Crippen LogP contribution >= 0.6 is 11.3 Å². The average molecular weight is 265 g/mol. The molecule has 2 atom stereocenters. The molecule has 18 heavy (non-hydrogen) atoms. The number of carboxylic acid groups (broad SMARTS) is 1. The fourth-order valence-corrected chi connectivity index (χ4v) is 3.05. The monoisotopic (exact) mass is 265 g/mol. The smallest absolute Gasteiger partial charge is 0.396 e. The fourth-order valence-electron chi connectivity index (χ4n) is 2.35. The molecule has 0 saturated carbocycles. The number of hydrogen-bond donors (Lipinski definition) is 2. The van der Waals surface area contributed by atoms with Gasteiger partial charge in [-0.25, -0.2) is 4.79 Å². The molecule has 0 bridgehead atoms. The van der Waals surface area contributed by atoms with Gasteiger partial charge in [0, 0.05) is 18.2 Å². The van der Waals surface area contributed by atoms with E-state index >= 15 is 0 Å². The third-order valence-corrected chi connectivity index (χ3v) is 4.03. The molecule has 2 unspecified atom stereocenters. The summed E-state index contributed by atoms with van der Waals surface area (Å²) in [6, 6.07) is 5.50. The number of fused-ring (bicyclic) bond motifs is 1. The largest absolute Gasteiger partial charge is 0.481 e. The Morgan fingerprint density at radius 3 is 3.06 bits per heavy atom. The number of aliphatic carboxylic acids is 1. The van der Waals surface area contributed by atoms with Crippen molar-refractivity contribution in [1.29, 1.82) is 0 Å². The molecule has 1 aromatic heterocycles. The highest BCUT2D eigenvalue weighted by Gasteiger charge is 2.31. The Hall–Kier alpha value is -1.66. The number of nitrogens with one attached hydrogen (secondary N) is 1. The highest BCUT2D eigenvalue weighted by Crippen LogP contribution is 2.32. The second kappa shape index (κ2) is 4.22. The van der Waals surface area contributed by atoms with Crippen molar-refractivity contribution in [2.45, 2.75) is 12.5 Å². The zero-order valence-corrected chi connectivity index (χ0v) is 10.2. The minimum Gasteiger partial charge on any atom is -0.481 e. The summed E-state index contributed by atoms with van der Waals surface area (Å²) in [6.07, 6.45) is 0.522. The van der Waals surface area contributed by atoms with E-state index in [-0.39, 0.29) is 16.9 Å². The first-order valence-electron chi connectivity index (χ1n) is 5.64. The third-order valence-electron chi connectivity index (χ3n) is 3.24. The molecule has 0 radical (unpaired) electrons. The Labute approximate surface area is 106 Å². The molecular formula is C12H11NO4S. The number of para-hydroxylation sites is 1. The predicted molar refractivity (Wildman–Crippen MR) is 66.8 cm³/mol. The zero-order chi connectivity index (χ0) is 12.7. The second-order valence-corrected chi connectivity index (χ2v) is 5.34. The van der Waals surface area contributed by atoms with Crippen LogP contribution in [0.4, 0.5) is 0 Å². The summed E-state index contributed by atoms with van der Waals surface area (Å²) in [7, 11) is 0.